The Labute approximate surface area is 116 Å². The second-order valence-corrected chi connectivity index (χ2v) is 4.98. The summed E-state index contributed by atoms with van der Waals surface area (Å²) in [5.74, 6) is 0.901. The predicted molar refractivity (Wildman–Crippen MR) is 75.6 cm³/mol. The van der Waals surface area contributed by atoms with Crippen molar-refractivity contribution in [2.75, 3.05) is 0 Å². The van der Waals surface area contributed by atoms with E-state index in [1.165, 1.54) is 11.6 Å². The van der Waals surface area contributed by atoms with Crippen LogP contribution in [0.1, 0.15) is 18.2 Å². The zero-order valence-electron chi connectivity index (χ0n) is 11.9. The van der Waals surface area contributed by atoms with Gasteiger partial charge in [0.1, 0.15) is 5.76 Å². The summed E-state index contributed by atoms with van der Waals surface area (Å²) in [5.41, 5.74) is -0.00548. The molecule has 2 aromatic heterocycles. The van der Waals surface area contributed by atoms with Crippen molar-refractivity contribution in [3.05, 3.63) is 56.8 Å². The maximum Gasteiger partial charge on any atom is 0.330 e. The summed E-state index contributed by atoms with van der Waals surface area (Å²) < 4.78 is 7.81. The fourth-order valence-electron chi connectivity index (χ4n) is 2.09. The molecule has 0 fully saturated rings. The summed E-state index contributed by atoms with van der Waals surface area (Å²) in [6, 6.07) is 3.94. The largest absolute Gasteiger partial charge is 0.469 e. The van der Waals surface area contributed by atoms with Crippen LogP contribution in [0.15, 0.2) is 38.6 Å². The molecule has 0 saturated carbocycles. The number of furan rings is 1. The molecule has 2 aromatic rings. The molecular formula is C14H19N3O3. The molecule has 0 aromatic carbocycles. The molecular weight excluding hydrogens is 258 g/mol. The van der Waals surface area contributed by atoms with E-state index in [0.29, 0.717) is 12.1 Å². The van der Waals surface area contributed by atoms with Gasteiger partial charge in [0.2, 0.25) is 0 Å². The van der Waals surface area contributed by atoms with Crippen LogP contribution in [0.25, 0.3) is 0 Å². The normalized spacial score (nSPS) is 12.6. The van der Waals surface area contributed by atoms with Gasteiger partial charge in [-0.25, -0.2) is 4.79 Å². The van der Waals surface area contributed by atoms with Gasteiger partial charge in [0.15, 0.2) is 0 Å². The SMILES string of the molecule is CC(Cc1ccco1)NCc1cn(C)c(=O)n(C)c1=O. The van der Waals surface area contributed by atoms with Crippen molar-refractivity contribution >= 4 is 0 Å². The molecule has 0 saturated heterocycles. The Morgan fingerprint density at radius 3 is 2.75 bits per heavy atom. The number of hydrogen-bond donors (Lipinski definition) is 1. The Kier molecular flexibility index (Phi) is 4.24. The molecule has 1 atom stereocenters. The van der Waals surface area contributed by atoms with E-state index < -0.39 is 0 Å². The van der Waals surface area contributed by atoms with Crippen molar-refractivity contribution in [2.45, 2.75) is 25.9 Å². The third-order valence-corrected chi connectivity index (χ3v) is 3.25. The Balaban J connectivity index is 2.04. The van der Waals surface area contributed by atoms with Crippen LogP contribution in [0.3, 0.4) is 0 Å². The minimum Gasteiger partial charge on any atom is -0.469 e. The monoisotopic (exact) mass is 277 g/mol. The highest BCUT2D eigenvalue weighted by atomic mass is 16.3. The van der Waals surface area contributed by atoms with Gasteiger partial charge in [0.25, 0.3) is 5.56 Å². The molecule has 0 radical (unpaired) electrons. The van der Waals surface area contributed by atoms with Gasteiger partial charge in [-0.2, -0.15) is 0 Å². The molecule has 20 heavy (non-hydrogen) atoms. The molecule has 108 valence electrons. The lowest BCUT2D eigenvalue weighted by molar-refractivity contribution is 0.454. The van der Waals surface area contributed by atoms with Crippen molar-refractivity contribution in [2.24, 2.45) is 14.1 Å². The molecule has 0 aliphatic carbocycles. The molecule has 2 rings (SSSR count). The summed E-state index contributed by atoms with van der Waals surface area (Å²) in [4.78, 5) is 23.5. The van der Waals surface area contributed by atoms with Crippen LogP contribution >= 0.6 is 0 Å². The summed E-state index contributed by atoms with van der Waals surface area (Å²) >= 11 is 0. The molecule has 0 aliphatic heterocycles. The van der Waals surface area contributed by atoms with E-state index in [1.807, 2.05) is 19.1 Å². The first kappa shape index (κ1) is 14.3. The standard InChI is InChI=1S/C14H19N3O3/c1-10(7-12-5-4-6-20-12)15-8-11-9-16(2)14(19)17(3)13(11)18/h4-6,9-10,15H,7-8H2,1-3H3. The van der Waals surface area contributed by atoms with Gasteiger partial charge in [0, 0.05) is 44.9 Å². The fourth-order valence-corrected chi connectivity index (χ4v) is 2.09. The third-order valence-electron chi connectivity index (χ3n) is 3.25. The van der Waals surface area contributed by atoms with Crippen LogP contribution in [0.5, 0.6) is 0 Å². The van der Waals surface area contributed by atoms with Crippen molar-refractivity contribution in [1.82, 2.24) is 14.5 Å². The van der Waals surface area contributed by atoms with Crippen molar-refractivity contribution in [3.8, 4) is 0 Å². The number of nitrogens with zero attached hydrogens (tertiary/aromatic N) is 2. The second kappa shape index (κ2) is 5.92. The van der Waals surface area contributed by atoms with Gasteiger partial charge in [-0.05, 0) is 19.1 Å². The lowest BCUT2D eigenvalue weighted by atomic mass is 10.2. The van der Waals surface area contributed by atoms with Crippen molar-refractivity contribution in [3.63, 3.8) is 0 Å². The minimum atomic E-state index is -0.317. The highest BCUT2D eigenvalue weighted by Crippen LogP contribution is 2.04. The molecule has 0 spiro atoms. The molecule has 1 N–H and O–H groups in total. The molecule has 0 bridgehead atoms. The summed E-state index contributed by atoms with van der Waals surface area (Å²) in [6.45, 7) is 2.44. The summed E-state index contributed by atoms with van der Waals surface area (Å²) in [6.07, 6.45) is 3.97. The number of hydrogen-bond acceptors (Lipinski definition) is 4. The van der Waals surface area contributed by atoms with Gasteiger partial charge in [-0.3, -0.25) is 9.36 Å². The van der Waals surface area contributed by atoms with E-state index in [9.17, 15) is 9.59 Å². The Morgan fingerprint density at radius 2 is 2.10 bits per heavy atom. The highest BCUT2D eigenvalue weighted by Gasteiger charge is 2.09. The van der Waals surface area contributed by atoms with Crippen molar-refractivity contribution < 1.29 is 4.42 Å². The summed E-state index contributed by atoms with van der Waals surface area (Å²) in [7, 11) is 3.12. The topological polar surface area (TPSA) is 69.2 Å². The Morgan fingerprint density at radius 1 is 1.35 bits per heavy atom. The predicted octanol–water partition coefficient (Wildman–Crippen LogP) is 0.398. The van der Waals surface area contributed by atoms with Crippen LogP contribution in [0.2, 0.25) is 0 Å². The van der Waals surface area contributed by atoms with Crippen LogP contribution in [-0.2, 0) is 27.1 Å². The molecule has 0 aliphatic rings. The van der Waals surface area contributed by atoms with Crippen LogP contribution < -0.4 is 16.6 Å². The first-order valence-electron chi connectivity index (χ1n) is 6.50. The maximum atomic E-state index is 12.0. The highest BCUT2D eigenvalue weighted by molar-refractivity contribution is 5.06. The van der Waals surface area contributed by atoms with Crippen molar-refractivity contribution in [1.29, 1.82) is 0 Å². The van der Waals surface area contributed by atoms with E-state index in [2.05, 4.69) is 5.32 Å². The number of aryl methyl sites for hydroxylation is 1. The second-order valence-electron chi connectivity index (χ2n) is 4.98. The first-order valence-corrected chi connectivity index (χ1v) is 6.50. The van der Waals surface area contributed by atoms with E-state index in [1.54, 1.807) is 19.5 Å². The number of rotatable bonds is 5. The van der Waals surface area contributed by atoms with Gasteiger partial charge in [0.05, 0.1) is 6.26 Å². The van der Waals surface area contributed by atoms with Gasteiger partial charge in [-0.1, -0.05) is 0 Å². The third kappa shape index (κ3) is 3.08. The van der Waals surface area contributed by atoms with Gasteiger partial charge in [-0.15, -0.1) is 0 Å². The first-order chi connectivity index (χ1) is 9.49. The molecule has 1 unspecified atom stereocenters. The Bertz CT molecular complexity index is 683. The summed E-state index contributed by atoms with van der Waals surface area (Å²) in [5, 5.41) is 3.26. The molecule has 6 heteroatoms. The van der Waals surface area contributed by atoms with E-state index in [0.717, 1.165) is 16.7 Å². The lowest BCUT2D eigenvalue weighted by Gasteiger charge is -2.13. The van der Waals surface area contributed by atoms with Crippen LogP contribution in [-0.4, -0.2) is 15.2 Å². The minimum absolute atomic E-state index is 0.170. The zero-order chi connectivity index (χ0) is 14.7. The number of nitrogens with one attached hydrogen (secondary N) is 1. The average molecular weight is 277 g/mol. The molecule has 2 heterocycles. The maximum absolute atomic E-state index is 12.0. The lowest BCUT2D eigenvalue weighted by Crippen LogP contribution is -2.40. The smallest absolute Gasteiger partial charge is 0.330 e. The molecule has 0 amide bonds. The fraction of sp³-hybridized carbons (Fsp3) is 0.429. The number of aromatic nitrogens is 2. The average Bonchev–Trinajstić information content (AvgIpc) is 2.92. The molecule has 6 nitrogen and oxygen atoms in total. The van der Waals surface area contributed by atoms with E-state index in [-0.39, 0.29) is 17.3 Å². The van der Waals surface area contributed by atoms with Crippen LogP contribution in [0.4, 0.5) is 0 Å². The van der Waals surface area contributed by atoms with Gasteiger partial charge >= 0.3 is 5.69 Å². The zero-order valence-corrected chi connectivity index (χ0v) is 11.9. The van der Waals surface area contributed by atoms with Gasteiger partial charge < -0.3 is 14.3 Å². The van der Waals surface area contributed by atoms with E-state index in [4.69, 9.17) is 4.42 Å². The quantitative estimate of drug-likeness (QED) is 0.859. The van der Waals surface area contributed by atoms with Crippen LogP contribution in [0, 0.1) is 0 Å². The van der Waals surface area contributed by atoms with E-state index >= 15 is 0 Å². The Hall–Kier alpha value is -2.08.